The normalized spacial score (nSPS) is 15.9. The van der Waals surface area contributed by atoms with Gasteiger partial charge in [-0.3, -0.25) is 14.7 Å². The number of aryl methyl sites for hydroxylation is 1. The first-order valence-corrected chi connectivity index (χ1v) is 11.3. The SMILES string of the molecule is CC(=O)Nc1ccc(CN2CCC(CCc3ccccc3)(c3ccccn3)CC2)c(F)c1. The van der Waals surface area contributed by atoms with Crippen molar-refractivity contribution in [2.75, 3.05) is 18.4 Å². The summed E-state index contributed by atoms with van der Waals surface area (Å²) in [6.45, 7) is 3.80. The number of amides is 1. The van der Waals surface area contributed by atoms with Gasteiger partial charge in [0.25, 0.3) is 0 Å². The lowest BCUT2D eigenvalue weighted by atomic mass is 9.71. The lowest BCUT2D eigenvalue weighted by Crippen LogP contribution is -2.43. The molecule has 0 saturated carbocycles. The zero-order valence-corrected chi connectivity index (χ0v) is 18.6. The van der Waals surface area contributed by atoms with Crippen molar-refractivity contribution in [3.05, 3.63) is 95.6 Å². The van der Waals surface area contributed by atoms with Crippen molar-refractivity contribution in [1.82, 2.24) is 9.88 Å². The van der Waals surface area contributed by atoms with E-state index >= 15 is 0 Å². The Morgan fingerprint density at radius 2 is 1.81 bits per heavy atom. The number of nitrogens with zero attached hydrogens (tertiary/aromatic N) is 2. The third kappa shape index (κ3) is 5.40. The van der Waals surface area contributed by atoms with Crippen molar-refractivity contribution in [1.29, 1.82) is 0 Å². The number of nitrogens with one attached hydrogen (secondary N) is 1. The van der Waals surface area contributed by atoms with Gasteiger partial charge in [-0.25, -0.2) is 4.39 Å². The second kappa shape index (κ2) is 10.0. The predicted molar refractivity (Wildman–Crippen MR) is 126 cm³/mol. The van der Waals surface area contributed by atoms with Crippen LogP contribution in [0, 0.1) is 5.82 Å². The summed E-state index contributed by atoms with van der Waals surface area (Å²) in [5, 5.41) is 2.63. The molecule has 1 aliphatic rings. The number of carbonyl (C=O) groups is 1. The molecule has 4 rings (SSSR count). The van der Waals surface area contributed by atoms with Gasteiger partial charge in [-0.15, -0.1) is 0 Å². The Morgan fingerprint density at radius 1 is 1.06 bits per heavy atom. The highest BCUT2D eigenvalue weighted by Gasteiger charge is 2.37. The number of halogens is 1. The van der Waals surface area contributed by atoms with Gasteiger partial charge in [-0.05, 0) is 68.6 Å². The molecule has 0 unspecified atom stereocenters. The fraction of sp³-hybridized carbons (Fsp3) is 0.333. The van der Waals surface area contributed by atoms with Crippen molar-refractivity contribution >= 4 is 11.6 Å². The molecule has 1 amide bonds. The first-order valence-electron chi connectivity index (χ1n) is 11.3. The zero-order chi connectivity index (χ0) is 22.4. The van der Waals surface area contributed by atoms with Crippen LogP contribution in [0.3, 0.4) is 0 Å². The second-order valence-corrected chi connectivity index (χ2v) is 8.74. The fourth-order valence-electron chi connectivity index (χ4n) is 4.68. The number of likely N-dealkylation sites (tertiary alicyclic amines) is 1. The van der Waals surface area contributed by atoms with Gasteiger partial charge >= 0.3 is 0 Å². The summed E-state index contributed by atoms with van der Waals surface area (Å²) >= 11 is 0. The van der Waals surface area contributed by atoms with Gasteiger partial charge in [0.05, 0.1) is 0 Å². The van der Waals surface area contributed by atoms with E-state index in [1.807, 2.05) is 12.3 Å². The Hall–Kier alpha value is -3.05. The summed E-state index contributed by atoms with van der Waals surface area (Å²) < 4.78 is 14.6. The highest BCUT2D eigenvalue weighted by atomic mass is 19.1. The Bertz CT molecular complexity index is 1030. The van der Waals surface area contributed by atoms with Crippen LogP contribution >= 0.6 is 0 Å². The molecule has 1 fully saturated rings. The molecule has 32 heavy (non-hydrogen) atoms. The van der Waals surface area contributed by atoms with Crippen LogP contribution in [0.25, 0.3) is 0 Å². The number of carbonyl (C=O) groups excluding carboxylic acids is 1. The molecule has 4 nitrogen and oxygen atoms in total. The Labute approximate surface area is 189 Å². The van der Waals surface area contributed by atoms with Crippen LogP contribution in [0.5, 0.6) is 0 Å². The van der Waals surface area contributed by atoms with E-state index in [9.17, 15) is 9.18 Å². The largest absolute Gasteiger partial charge is 0.326 e. The van der Waals surface area contributed by atoms with E-state index in [4.69, 9.17) is 4.98 Å². The number of hydrogen-bond acceptors (Lipinski definition) is 3. The summed E-state index contributed by atoms with van der Waals surface area (Å²) in [5.74, 6) is -0.476. The van der Waals surface area contributed by atoms with Gasteiger partial charge in [-0.2, -0.15) is 0 Å². The van der Waals surface area contributed by atoms with Crippen molar-refractivity contribution in [3.8, 4) is 0 Å². The van der Waals surface area contributed by atoms with Gasteiger partial charge in [0.1, 0.15) is 5.82 Å². The fourth-order valence-corrected chi connectivity index (χ4v) is 4.68. The van der Waals surface area contributed by atoms with Gasteiger partial charge in [0, 0.05) is 42.0 Å². The molecule has 0 aliphatic carbocycles. The maximum atomic E-state index is 14.6. The molecule has 2 heterocycles. The summed E-state index contributed by atoms with van der Waals surface area (Å²) in [5.41, 5.74) is 3.72. The first kappa shape index (κ1) is 22.2. The maximum Gasteiger partial charge on any atom is 0.221 e. The van der Waals surface area contributed by atoms with Crippen LogP contribution in [0.4, 0.5) is 10.1 Å². The molecule has 3 aromatic rings. The molecule has 0 radical (unpaired) electrons. The van der Waals surface area contributed by atoms with E-state index in [0.717, 1.165) is 38.8 Å². The van der Waals surface area contributed by atoms with Crippen LogP contribution in [0.1, 0.15) is 43.0 Å². The van der Waals surface area contributed by atoms with E-state index in [1.54, 1.807) is 12.1 Å². The van der Waals surface area contributed by atoms with Crippen molar-refractivity contribution in [2.24, 2.45) is 0 Å². The van der Waals surface area contributed by atoms with Gasteiger partial charge in [0.2, 0.25) is 5.91 Å². The number of rotatable bonds is 7. The summed E-state index contributed by atoms with van der Waals surface area (Å²) in [6.07, 6.45) is 5.97. The molecule has 2 aromatic carbocycles. The van der Waals surface area contributed by atoms with Crippen LogP contribution in [0.2, 0.25) is 0 Å². The highest BCUT2D eigenvalue weighted by Crippen LogP contribution is 2.39. The van der Waals surface area contributed by atoms with Crippen LogP contribution in [-0.4, -0.2) is 28.9 Å². The topological polar surface area (TPSA) is 45.2 Å². The van der Waals surface area contributed by atoms with E-state index < -0.39 is 0 Å². The van der Waals surface area contributed by atoms with Gasteiger partial charge < -0.3 is 5.32 Å². The molecule has 0 bridgehead atoms. The molecule has 1 aliphatic heterocycles. The van der Waals surface area contributed by atoms with Crippen molar-refractivity contribution in [3.63, 3.8) is 0 Å². The molecule has 0 spiro atoms. The minimum absolute atomic E-state index is 0.0431. The van der Waals surface area contributed by atoms with E-state index in [1.165, 1.54) is 24.2 Å². The average Bonchev–Trinajstić information content (AvgIpc) is 2.81. The molecule has 5 heteroatoms. The number of anilines is 1. The highest BCUT2D eigenvalue weighted by molar-refractivity contribution is 5.88. The molecule has 166 valence electrons. The van der Waals surface area contributed by atoms with Crippen LogP contribution in [-0.2, 0) is 23.2 Å². The quantitative estimate of drug-likeness (QED) is 0.549. The first-order chi connectivity index (χ1) is 15.5. The number of aromatic nitrogens is 1. The third-order valence-corrected chi connectivity index (χ3v) is 6.52. The molecule has 1 saturated heterocycles. The van der Waals surface area contributed by atoms with Crippen LogP contribution < -0.4 is 5.32 Å². The molecule has 0 atom stereocenters. The Kier molecular flexibility index (Phi) is 6.96. The molecule has 1 N–H and O–H groups in total. The van der Waals surface area contributed by atoms with E-state index in [2.05, 4.69) is 52.7 Å². The third-order valence-electron chi connectivity index (χ3n) is 6.52. The Balaban J connectivity index is 1.44. The lowest BCUT2D eigenvalue weighted by molar-refractivity contribution is -0.114. The molecular weight excluding hydrogens is 401 g/mol. The van der Waals surface area contributed by atoms with Gasteiger partial charge in [-0.1, -0.05) is 42.5 Å². The predicted octanol–water partition coefficient (Wildman–Crippen LogP) is 5.35. The van der Waals surface area contributed by atoms with E-state index in [-0.39, 0.29) is 17.1 Å². The molecule has 1 aromatic heterocycles. The summed E-state index contributed by atoms with van der Waals surface area (Å²) in [7, 11) is 0. The minimum Gasteiger partial charge on any atom is -0.326 e. The van der Waals surface area contributed by atoms with E-state index in [0.29, 0.717) is 17.8 Å². The number of hydrogen-bond donors (Lipinski definition) is 1. The standard InChI is InChI=1S/C27H30FN3O/c1-21(32)30-24-11-10-23(25(28)19-24)20-31-17-14-27(15-18-31,26-9-5-6-16-29-26)13-12-22-7-3-2-4-8-22/h2-11,16,19H,12-15,17-18,20H2,1H3,(H,30,32). The molecular formula is C27H30FN3O. The summed E-state index contributed by atoms with van der Waals surface area (Å²) in [6, 6.07) is 21.8. The lowest BCUT2D eigenvalue weighted by Gasteiger charge is -2.42. The van der Waals surface area contributed by atoms with Crippen molar-refractivity contribution in [2.45, 2.75) is 44.6 Å². The number of benzene rings is 2. The zero-order valence-electron chi connectivity index (χ0n) is 18.6. The Morgan fingerprint density at radius 3 is 2.47 bits per heavy atom. The van der Waals surface area contributed by atoms with Gasteiger partial charge in [0.15, 0.2) is 0 Å². The second-order valence-electron chi connectivity index (χ2n) is 8.74. The smallest absolute Gasteiger partial charge is 0.221 e. The van der Waals surface area contributed by atoms with Crippen molar-refractivity contribution < 1.29 is 9.18 Å². The monoisotopic (exact) mass is 431 g/mol. The summed E-state index contributed by atoms with van der Waals surface area (Å²) in [4.78, 5) is 18.3. The number of pyridine rings is 1. The average molecular weight is 432 g/mol. The minimum atomic E-state index is -0.276. The maximum absolute atomic E-state index is 14.6. The van der Waals surface area contributed by atoms with Crippen LogP contribution in [0.15, 0.2) is 72.9 Å². The number of piperidine rings is 1.